The Morgan fingerprint density at radius 2 is 1.84 bits per heavy atom. The Kier molecular flexibility index (Phi) is 10.4. The summed E-state index contributed by atoms with van der Waals surface area (Å²) in [5, 5.41) is 6.35. The van der Waals surface area contributed by atoms with Crippen LogP contribution >= 0.6 is 24.8 Å². The highest BCUT2D eigenvalue weighted by molar-refractivity contribution is 5.85. The fourth-order valence-electron chi connectivity index (χ4n) is 3.19. The zero-order chi connectivity index (χ0) is 15.9. The quantitative estimate of drug-likeness (QED) is 0.808. The van der Waals surface area contributed by atoms with Gasteiger partial charge in [0, 0.05) is 32.7 Å². The minimum atomic E-state index is 0. The van der Waals surface area contributed by atoms with Gasteiger partial charge in [0.1, 0.15) is 0 Å². The van der Waals surface area contributed by atoms with Crippen LogP contribution in [0.15, 0.2) is 24.3 Å². The molecule has 2 heterocycles. The number of carbonyl (C=O) groups is 1. The van der Waals surface area contributed by atoms with Gasteiger partial charge in [-0.05, 0) is 30.5 Å². The summed E-state index contributed by atoms with van der Waals surface area (Å²) in [7, 11) is 0. The normalized spacial score (nSPS) is 20.9. The molecule has 3 rings (SSSR count). The third-order valence-electron chi connectivity index (χ3n) is 4.67. The van der Waals surface area contributed by atoms with Gasteiger partial charge < -0.3 is 15.4 Å². The molecule has 1 aromatic rings. The lowest BCUT2D eigenvalue weighted by Gasteiger charge is -2.26. The number of benzene rings is 1. The Bertz CT molecular complexity index is 502. The molecule has 0 unspecified atom stereocenters. The topological polar surface area (TPSA) is 53.6 Å². The van der Waals surface area contributed by atoms with Crippen molar-refractivity contribution in [1.29, 1.82) is 0 Å². The molecule has 2 aliphatic heterocycles. The molecule has 0 aromatic heterocycles. The molecule has 0 aliphatic carbocycles. The smallest absolute Gasteiger partial charge is 0.224 e. The van der Waals surface area contributed by atoms with Crippen molar-refractivity contribution in [1.82, 2.24) is 15.5 Å². The number of amides is 1. The molecule has 7 heteroatoms. The van der Waals surface area contributed by atoms with Gasteiger partial charge in [-0.25, -0.2) is 0 Å². The molecule has 2 fully saturated rings. The SMILES string of the molecule is Cl.Cl.O=C(NCc1ccc(CN2CCOCC2)cc1)[C@@H]1CCCNC1. The van der Waals surface area contributed by atoms with Crippen molar-refractivity contribution in [3.05, 3.63) is 35.4 Å². The molecule has 2 aliphatic rings. The van der Waals surface area contributed by atoms with Gasteiger partial charge in [0.05, 0.1) is 19.1 Å². The molecule has 2 N–H and O–H groups in total. The number of hydrogen-bond donors (Lipinski definition) is 2. The predicted molar refractivity (Wildman–Crippen MR) is 104 cm³/mol. The first-order valence-corrected chi connectivity index (χ1v) is 8.67. The van der Waals surface area contributed by atoms with E-state index in [1.54, 1.807) is 0 Å². The van der Waals surface area contributed by atoms with E-state index in [0.29, 0.717) is 6.54 Å². The highest BCUT2D eigenvalue weighted by atomic mass is 35.5. The summed E-state index contributed by atoms with van der Waals surface area (Å²) < 4.78 is 5.37. The van der Waals surface area contributed by atoms with Gasteiger partial charge in [0.25, 0.3) is 0 Å². The number of hydrogen-bond acceptors (Lipinski definition) is 4. The lowest BCUT2D eigenvalue weighted by atomic mass is 9.99. The predicted octanol–water partition coefficient (Wildman–Crippen LogP) is 1.98. The zero-order valence-corrected chi connectivity index (χ0v) is 16.2. The van der Waals surface area contributed by atoms with Crippen molar-refractivity contribution in [3.63, 3.8) is 0 Å². The Morgan fingerprint density at radius 1 is 1.16 bits per heavy atom. The Balaban J connectivity index is 0.00000156. The summed E-state index contributed by atoms with van der Waals surface area (Å²) in [6, 6.07) is 8.57. The molecule has 2 saturated heterocycles. The average Bonchev–Trinajstić information content (AvgIpc) is 2.62. The van der Waals surface area contributed by atoms with Crippen LogP contribution in [0.2, 0.25) is 0 Å². The maximum atomic E-state index is 12.1. The van der Waals surface area contributed by atoms with E-state index in [2.05, 4.69) is 39.8 Å². The van der Waals surface area contributed by atoms with Crippen LogP contribution in [0.5, 0.6) is 0 Å². The van der Waals surface area contributed by atoms with Crippen molar-refractivity contribution < 1.29 is 9.53 Å². The van der Waals surface area contributed by atoms with Crippen LogP contribution in [0.1, 0.15) is 24.0 Å². The van der Waals surface area contributed by atoms with Crippen molar-refractivity contribution >= 4 is 30.7 Å². The second-order valence-electron chi connectivity index (χ2n) is 6.47. The fraction of sp³-hybridized carbons (Fsp3) is 0.611. The molecule has 0 radical (unpaired) electrons. The molecule has 0 bridgehead atoms. The van der Waals surface area contributed by atoms with E-state index >= 15 is 0 Å². The standard InChI is InChI=1S/C18H27N3O2.2ClH/c22-18(17-2-1-7-19-13-17)20-12-15-3-5-16(6-4-15)14-21-8-10-23-11-9-21;;/h3-6,17,19H,1-2,7-14H2,(H,20,22);2*1H/t17-;;/m1../s1. The van der Waals surface area contributed by atoms with E-state index in [0.717, 1.165) is 64.3 Å². The second kappa shape index (κ2) is 11.7. The lowest BCUT2D eigenvalue weighted by molar-refractivity contribution is -0.125. The van der Waals surface area contributed by atoms with Gasteiger partial charge in [-0.2, -0.15) is 0 Å². The van der Waals surface area contributed by atoms with Gasteiger partial charge in [-0.3, -0.25) is 9.69 Å². The maximum absolute atomic E-state index is 12.1. The minimum absolute atomic E-state index is 0. The number of morpholine rings is 1. The van der Waals surface area contributed by atoms with Gasteiger partial charge >= 0.3 is 0 Å². The number of ether oxygens (including phenoxy) is 1. The Hall–Kier alpha value is -0.850. The first kappa shape index (κ1) is 22.2. The molecule has 142 valence electrons. The molecule has 1 aromatic carbocycles. The zero-order valence-electron chi connectivity index (χ0n) is 14.5. The molecule has 0 spiro atoms. The van der Waals surface area contributed by atoms with Crippen LogP contribution in [0.25, 0.3) is 0 Å². The maximum Gasteiger partial charge on any atom is 0.224 e. The highest BCUT2D eigenvalue weighted by Gasteiger charge is 2.20. The molecule has 25 heavy (non-hydrogen) atoms. The number of halogens is 2. The van der Waals surface area contributed by atoms with E-state index in [4.69, 9.17) is 4.74 Å². The summed E-state index contributed by atoms with van der Waals surface area (Å²) in [6.07, 6.45) is 2.09. The van der Waals surface area contributed by atoms with Gasteiger partial charge in [-0.1, -0.05) is 24.3 Å². The summed E-state index contributed by atoms with van der Waals surface area (Å²) in [4.78, 5) is 14.5. The molecule has 1 atom stereocenters. The van der Waals surface area contributed by atoms with Crippen LogP contribution in [-0.2, 0) is 22.6 Å². The number of nitrogens with one attached hydrogen (secondary N) is 2. The Morgan fingerprint density at radius 3 is 2.48 bits per heavy atom. The van der Waals surface area contributed by atoms with E-state index in [-0.39, 0.29) is 36.6 Å². The third kappa shape index (κ3) is 7.12. The first-order valence-electron chi connectivity index (χ1n) is 8.67. The highest BCUT2D eigenvalue weighted by Crippen LogP contribution is 2.11. The number of rotatable bonds is 5. The molecule has 5 nitrogen and oxygen atoms in total. The number of nitrogens with zero attached hydrogens (tertiary/aromatic N) is 1. The molecule has 1 amide bonds. The van der Waals surface area contributed by atoms with Crippen LogP contribution in [0.3, 0.4) is 0 Å². The van der Waals surface area contributed by atoms with Crippen LogP contribution in [0, 0.1) is 5.92 Å². The first-order chi connectivity index (χ1) is 11.3. The lowest BCUT2D eigenvalue weighted by Crippen LogP contribution is -2.40. The molecular formula is C18H29Cl2N3O2. The number of carbonyl (C=O) groups excluding carboxylic acids is 1. The van der Waals surface area contributed by atoms with Crippen LogP contribution in [-0.4, -0.2) is 50.2 Å². The van der Waals surface area contributed by atoms with Crippen LogP contribution < -0.4 is 10.6 Å². The van der Waals surface area contributed by atoms with Gasteiger partial charge in [-0.15, -0.1) is 24.8 Å². The van der Waals surface area contributed by atoms with E-state index in [1.165, 1.54) is 5.56 Å². The summed E-state index contributed by atoms with van der Waals surface area (Å²) in [6.45, 7) is 7.12. The molecular weight excluding hydrogens is 361 g/mol. The summed E-state index contributed by atoms with van der Waals surface area (Å²) >= 11 is 0. The van der Waals surface area contributed by atoms with Crippen LogP contribution in [0.4, 0.5) is 0 Å². The van der Waals surface area contributed by atoms with E-state index in [1.807, 2.05) is 0 Å². The van der Waals surface area contributed by atoms with Gasteiger partial charge in [0.15, 0.2) is 0 Å². The summed E-state index contributed by atoms with van der Waals surface area (Å²) in [5.41, 5.74) is 2.48. The third-order valence-corrected chi connectivity index (χ3v) is 4.67. The van der Waals surface area contributed by atoms with Crippen molar-refractivity contribution in [2.24, 2.45) is 5.92 Å². The van der Waals surface area contributed by atoms with Crippen molar-refractivity contribution in [2.45, 2.75) is 25.9 Å². The fourth-order valence-corrected chi connectivity index (χ4v) is 3.19. The van der Waals surface area contributed by atoms with E-state index < -0.39 is 0 Å². The average molecular weight is 390 g/mol. The number of piperidine rings is 1. The second-order valence-corrected chi connectivity index (χ2v) is 6.47. The van der Waals surface area contributed by atoms with Crippen molar-refractivity contribution in [2.75, 3.05) is 39.4 Å². The minimum Gasteiger partial charge on any atom is -0.379 e. The molecule has 0 saturated carbocycles. The largest absolute Gasteiger partial charge is 0.379 e. The summed E-state index contributed by atoms with van der Waals surface area (Å²) in [5.74, 6) is 0.305. The van der Waals surface area contributed by atoms with Crippen molar-refractivity contribution in [3.8, 4) is 0 Å². The Labute approximate surface area is 162 Å². The van der Waals surface area contributed by atoms with Gasteiger partial charge in [0.2, 0.25) is 5.91 Å². The monoisotopic (exact) mass is 389 g/mol. The van der Waals surface area contributed by atoms with E-state index in [9.17, 15) is 4.79 Å².